The average Bonchev–Trinajstić information content (AvgIpc) is 3.19. The van der Waals surface area contributed by atoms with E-state index in [1.165, 1.54) is 47.7 Å². The Morgan fingerprint density at radius 1 is 0.926 bits per heavy atom. The van der Waals surface area contributed by atoms with Gasteiger partial charge in [0.05, 0.1) is 0 Å². The number of hydrogen-bond acceptors (Lipinski definition) is 2. The van der Waals surface area contributed by atoms with Crippen LogP contribution in [0.2, 0.25) is 0 Å². The van der Waals surface area contributed by atoms with Crippen LogP contribution in [0.25, 0.3) is 0 Å². The summed E-state index contributed by atoms with van der Waals surface area (Å²) in [6, 6.07) is 17.1. The summed E-state index contributed by atoms with van der Waals surface area (Å²) in [4.78, 5) is 12.7. The third-order valence-electron chi connectivity index (χ3n) is 4.21. The highest BCUT2D eigenvalue weighted by Crippen LogP contribution is 2.44. The molecule has 1 heterocycles. The van der Waals surface area contributed by atoms with Crippen molar-refractivity contribution in [2.75, 3.05) is 0 Å². The minimum atomic E-state index is -4.72. The van der Waals surface area contributed by atoms with Crippen molar-refractivity contribution in [2.45, 2.75) is 18.0 Å². The lowest BCUT2D eigenvalue weighted by Crippen LogP contribution is -2.43. The summed E-state index contributed by atoms with van der Waals surface area (Å²) in [5.74, 6) is 4.42. The Hall–Kier alpha value is -2.84. The fourth-order valence-electron chi connectivity index (χ4n) is 2.76. The molecule has 3 rings (SSSR count). The molecule has 5 heteroatoms. The molecule has 1 atom stereocenters. The van der Waals surface area contributed by atoms with Crippen LogP contribution in [0.4, 0.5) is 13.2 Å². The van der Waals surface area contributed by atoms with Crippen LogP contribution in [0.5, 0.6) is 0 Å². The number of Topliss-reactive ketones (excluding diaryl/α,β-unsaturated/α-hetero) is 1. The zero-order chi connectivity index (χ0) is 19.3. The molecular formula is C22H15F3OS. The fourth-order valence-corrected chi connectivity index (χ4v) is 3.35. The van der Waals surface area contributed by atoms with Gasteiger partial charge in [-0.2, -0.15) is 24.5 Å². The van der Waals surface area contributed by atoms with Crippen molar-refractivity contribution in [1.29, 1.82) is 0 Å². The second kappa shape index (κ2) is 7.81. The molecule has 0 spiro atoms. The molecule has 1 nitrogen and oxygen atoms in total. The van der Waals surface area contributed by atoms with Crippen molar-refractivity contribution >= 4 is 17.1 Å². The first kappa shape index (κ1) is 18.9. The van der Waals surface area contributed by atoms with Crippen molar-refractivity contribution in [2.24, 2.45) is 0 Å². The monoisotopic (exact) mass is 384 g/mol. The number of carbonyl (C=O) groups is 1. The smallest absolute Gasteiger partial charge is 0.294 e. The van der Waals surface area contributed by atoms with Gasteiger partial charge in [0.25, 0.3) is 0 Å². The van der Waals surface area contributed by atoms with Gasteiger partial charge in [0.1, 0.15) is 0 Å². The minimum Gasteiger partial charge on any atom is -0.294 e. The van der Waals surface area contributed by atoms with Gasteiger partial charge in [0, 0.05) is 22.9 Å². The molecule has 0 bridgehead atoms. The largest absolute Gasteiger partial charge is 0.409 e. The molecule has 2 aromatic carbocycles. The van der Waals surface area contributed by atoms with Crippen molar-refractivity contribution in [1.82, 2.24) is 0 Å². The van der Waals surface area contributed by atoms with Gasteiger partial charge in [-0.25, -0.2) is 0 Å². The van der Waals surface area contributed by atoms with Gasteiger partial charge < -0.3 is 0 Å². The Morgan fingerprint density at radius 2 is 1.56 bits per heavy atom. The van der Waals surface area contributed by atoms with E-state index in [9.17, 15) is 18.0 Å². The van der Waals surface area contributed by atoms with Crippen LogP contribution in [0.15, 0.2) is 77.5 Å². The van der Waals surface area contributed by atoms with Crippen LogP contribution in [0.1, 0.15) is 27.9 Å². The zero-order valence-corrected chi connectivity index (χ0v) is 15.0. The van der Waals surface area contributed by atoms with E-state index >= 15 is 0 Å². The van der Waals surface area contributed by atoms with Gasteiger partial charge >= 0.3 is 6.18 Å². The number of thiophene rings is 1. The number of alkyl halides is 3. The summed E-state index contributed by atoms with van der Waals surface area (Å²) >= 11 is 1.35. The van der Waals surface area contributed by atoms with Crippen LogP contribution in [0, 0.1) is 11.8 Å². The van der Waals surface area contributed by atoms with Crippen molar-refractivity contribution < 1.29 is 18.0 Å². The molecule has 0 aliphatic carbocycles. The quantitative estimate of drug-likeness (QED) is 0.406. The molecule has 0 aliphatic rings. The molecule has 0 saturated heterocycles. The lowest BCUT2D eigenvalue weighted by atomic mass is 9.75. The number of ketones is 1. The Kier molecular flexibility index (Phi) is 5.48. The average molecular weight is 384 g/mol. The summed E-state index contributed by atoms with van der Waals surface area (Å²) in [7, 11) is 0. The van der Waals surface area contributed by atoms with E-state index in [0.717, 1.165) is 0 Å². The molecule has 0 radical (unpaired) electrons. The first-order valence-electron chi connectivity index (χ1n) is 8.18. The van der Waals surface area contributed by atoms with Crippen molar-refractivity contribution in [3.8, 4) is 11.8 Å². The van der Waals surface area contributed by atoms with E-state index in [4.69, 9.17) is 0 Å². The minimum absolute atomic E-state index is 0.0375. The molecule has 0 fully saturated rings. The summed E-state index contributed by atoms with van der Waals surface area (Å²) in [6.07, 6.45) is -5.50. The van der Waals surface area contributed by atoms with E-state index in [1.807, 2.05) is 0 Å². The number of carbonyl (C=O) groups excluding carboxylic acids is 1. The summed E-state index contributed by atoms with van der Waals surface area (Å²) in [5.41, 5.74) is -1.89. The molecule has 1 unspecified atom stereocenters. The molecule has 0 aliphatic heterocycles. The summed E-state index contributed by atoms with van der Waals surface area (Å²) in [6.45, 7) is 0. The van der Waals surface area contributed by atoms with Gasteiger partial charge in [-0.3, -0.25) is 4.79 Å². The molecule has 136 valence electrons. The first-order chi connectivity index (χ1) is 12.9. The van der Waals surface area contributed by atoms with Crippen LogP contribution in [-0.2, 0) is 5.41 Å². The number of halogens is 3. The van der Waals surface area contributed by atoms with E-state index in [-0.39, 0.29) is 11.1 Å². The third-order valence-corrected chi connectivity index (χ3v) is 4.90. The van der Waals surface area contributed by atoms with Crippen LogP contribution >= 0.6 is 11.3 Å². The van der Waals surface area contributed by atoms with E-state index < -0.39 is 23.8 Å². The lowest BCUT2D eigenvalue weighted by Gasteiger charge is -2.31. The predicted octanol–water partition coefficient (Wildman–Crippen LogP) is 5.87. The highest BCUT2D eigenvalue weighted by atomic mass is 32.1. The van der Waals surface area contributed by atoms with E-state index in [0.29, 0.717) is 5.56 Å². The molecule has 27 heavy (non-hydrogen) atoms. The molecule has 1 aromatic heterocycles. The highest BCUT2D eigenvalue weighted by Gasteiger charge is 2.56. The van der Waals surface area contributed by atoms with E-state index in [2.05, 4.69) is 11.8 Å². The Balaban J connectivity index is 2.13. The Labute approximate surface area is 159 Å². The maximum atomic E-state index is 14.3. The zero-order valence-electron chi connectivity index (χ0n) is 14.2. The topological polar surface area (TPSA) is 17.1 Å². The van der Waals surface area contributed by atoms with Crippen LogP contribution in [-0.4, -0.2) is 12.0 Å². The van der Waals surface area contributed by atoms with Gasteiger partial charge in [-0.15, -0.1) is 0 Å². The number of rotatable bonds is 4. The van der Waals surface area contributed by atoms with Gasteiger partial charge in [-0.05, 0) is 17.0 Å². The third kappa shape index (κ3) is 4.12. The van der Waals surface area contributed by atoms with Crippen LogP contribution < -0.4 is 0 Å². The second-order valence-corrected chi connectivity index (χ2v) is 6.78. The maximum absolute atomic E-state index is 14.3. The molecule has 3 aromatic rings. The summed E-state index contributed by atoms with van der Waals surface area (Å²) in [5, 5.41) is 3.43. The molecule has 0 saturated carbocycles. The fraction of sp³-hybridized carbons (Fsp3) is 0.136. The number of benzene rings is 2. The first-order valence-corrected chi connectivity index (χ1v) is 9.12. The molecule has 0 N–H and O–H groups in total. The summed E-state index contributed by atoms with van der Waals surface area (Å²) < 4.78 is 42.9. The standard InChI is InChI=1S/C22H15F3OS/c23-22(24,25)21(19-9-5-2-6-10-19,13-11-17-12-14-27-16-17)15-20(26)18-7-3-1-4-8-18/h1-10,12,14,16H,15H2. The number of hydrogen-bond donors (Lipinski definition) is 0. The van der Waals surface area contributed by atoms with Crippen molar-refractivity contribution in [3.05, 3.63) is 94.2 Å². The predicted molar refractivity (Wildman–Crippen MR) is 101 cm³/mol. The van der Waals surface area contributed by atoms with E-state index in [1.54, 1.807) is 41.1 Å². The van der Waals surface area contributed by atoms with Gasteiger partial charge in [0.15, 0.2) is 11.2 Å². The lowest BCUT2D eigenvalue weighted by molar-refractivity contribution is -0.172. The normalized spacial score (nSPS) is 13.3. The highest BCUT2D eigenvalue weighted by molar-refractivity contribution is 7.08. The SMILES string of the molecule is O=C(CC(C#Cc1ccsc1)(c1ccccc1)C(F)(F)F)c1ccccc1. The van der Waals surface area contributed by atoms with Crippen LogP contribution in [0.3, 0.4) is 0 Å². The second-order valence-electron chi connectivity index (χ2n) is 6.00. The molecular weight excluding hydrogens is 369 g/mol. The molecule has 0 amide bonds. The Bertz CT molecular complexity index is 952. The Morgan fingerprint density at radius 3 is 2.11 bits per heavy atom. The van der Waals surface area contributed by atoms with Gasteiger partial charge in [-0.1, -0.05) is 72.5 Å². The maximum Gasteiger partial charge on any atom is 0.409 e. The van der Waals surface area contributed by atoms with Crippen molar-refractivity contribution in [3.63, 3.8) is 0 Å². The van der Waals surface area contributed by atoms with Gasteiger partial charge in [0.2, 0.25) is 0 Å².